The molecule has 4 nitrogen and oxygen atoms in total. The highest BCUT2D eigenvalue weighted by Gasteiger charge is 2.36. The molecule has 0 aromatic heterocycles. The Labute approximate surface area is 121 Å². The summed E-state index contributed by atoms with van der Waals surface area (Å²) in [4.78, 5) is 13.7. The van der Waals surface area contributed by atoms with E-state index in [2.05, 4.69) is 60.8 Å². The minimum atomic E-state index is -0.106. The second kappa shape index (κ2) is 6.27. The molecule has 2 amide bonds. The lowest BCUT2D eigenvalue weighted by Crippen LogP contribution is -2.46. The number of aryl methyl sites for hydroxylation is 2. The maximum absolute atomic E-state index is 11.5. The molecule has 1 heterocycles. The van der Waals surface area contributed by atoms with E-state index in [4.69, 9.17) is 0 Å². The molecule has 4 heteroatoms. The van der Waals surface area contributed by atoms with Crippen LogP contribution in [0.25, 0.3) is 0 Å². The van der Waals surface area contributed by atoms with Crippen molar-refractivity contribution in [3.63, 3.8) is 0 Å². The molecule has 1 aromatic rings. The summed E-state index contributed by atoms with van der Waals surface area (Å²) in [6, 6.07) is 8.57. The highest BCUT2D eigenvalue weighted by Crippen LogP contribution is 2.22. The molecule has 0 saturated carbocycles. The number of carbonyl (C=O) groups excluding carboxylic acids is 1. The van der Waals surface area contributed by atoms with Gasteiger partial charge in [-0.15, -0.1) is 0 Å². The Bertz CT molecular complexity index is 473. The molecule has 1 atom stereocenters. The summed E-state index contributed by atoms with van der Waals surface area (Å²) in [5.41, 5.74) is 2.53. The van der Waals surface area contributed by atoms with Crippen LogP contribution in [-0.2, 0) is 6.42 Å². The molecule has 1 saturated heterocycles. The summed E-state index contributed by atoms with van der Waals surface area (Å²) in [5, 5.41) is 6.04. The first-order valence-corrected chi connectivity index (χ1v) is 7.25. The molecule has 0 radical (unpaired) electrons. The van der Waals surface area contributed by atoms with Gasteiger partial charge in [0.05, 0.1) is 5.54 Å². The summed E-state index contributed by atoms with van der Waals surface area (Å²) in [7, 11) is 4.14. The van der Waals surface area contributed by atoms with E-state index in [1.165, 1.54) is 11.1 Å². The third-order valence-corrected chi connectivity index (χ3v) is 3.98. The highest BCUT2D eigenvalue weighted by atomic mass is 16.2. The smallest absolute Gasteiger partial charge is 0.315 e. The normalized spacial score (nSPS) is 21.9. The lowest BCUT2D eigenvalue weighted by atomic mass is 9.88. The van der Waals surface area contributed by atoms with Crippen LogP contribution in [0.3, 0.4) is 0 Å². The Morgan fingerprint density at radius 2 is 2.10 bits per heavy atom. The van der Waals surface area contributed by atoms with Crippen molar-refractivity contribution in [3.8, 4) is 0 Å². The van der Waals surface area contributed by atoms with Gasteiger partial charge in [-0.3, -0.25) is 0 Å². The predicted octanol–water partition coefficient (Wildman–Crippen LogP) is 1.93. The molecule has 0 unspecified atom stereocenters. The van der Waals surface area contributed by atoms with Crippen molar-refractivity contribution < 1.29 is 4.79 Å². The Morgan fingerprint density at radius 1 is 1.30 bits per heavy atom. The fourth-order valence-electron chi connectivity index (χ4n) is 2.69. The SMILES string of the molecule is Cc1cccc(CC[C@]2(CCN(C)C)CNC(=O)N2)c1. The number of hydrogen-bond acceptors (Lipinski definition) is 2. The third-order valence-electron chi connectivity index (χ3n) is 3.98. The zero-order valence-corrected chi connectivity index (χ0v) is 12.7. The van der Waals surface area contributed by atoms with Gasteiger partial charge in [0.1, 0.15) is 0 Å². The van der Waals surface area contributed by atoms with Crippen molar-refractivity contribution >= 4 is 6.03 Å². The van der Waals surface area contributed by atoms with Crippen molar-refractivity contribution in [1.29, 1.82) is 0 Å². The predicted molar refractivity (Wildman–Crippen MR) is 81.9 cm³/mol. The average molecular weight is 275 g/mol. The molecule has 2 N–H and O–H groups in total. The van der Waals surface area contributed by atoms with Crippen LogP contribution in [0.15, 0.2) is 24.3 Å². The van der Waals surface area contributed by atoms with E-state index in [0.717, 1.165) is 32.4 Å². The standard InChI is InChI=1S/C16H25N3O/c1-13-5-4-6-14(11-13)7-8-16(9-10-19(2)3)12-17-15(20)18-16/h4-6,11H,7-10,12H2,1-3H3,(H2,17,18,20)/t16-/m0/s1. The van der Waals surface area contributed by atoms with Crippen LogP contribution in [0.5, 0.6) is 0 Å². The molecule has 110 valence electrons. The summed E-state index contributed by atoms with van der Waals surface area (Å²) in [5.74, 6) is 0. The second-order valence-corrected chi connectivity index (χ2v) is 6.13. The van der Waals surface area contributed by atoms with Gasteiger partial charge < -0.3 is 15.5 Å². The number of amides is 2. The highest BCUT2D eigenvalue weighted by molar-refractivity contribution is 5.77. The van der Waals surface area contributed by atoms with Gasteiger partial charge in [-0.25, -0.2) is 4.79 Å². The van der Waals surface area contributed by atoms with E-state index in [-0.39, 0.29) is 11.6 Å². The van der Waals surface area contributed by atoms with E-state index in [9.17, 15) is 4.79 Å². The fraction of sp³-hybridized carbons (Fsp3) is 0.562. The molecule has 1 aliphatic heterocycles. The van der Waals surface area contributed by atoms with Gasteiger partial charge in [0.2, 0.25) is 0 Å². The molecular formula is C16H25N3O. The number of rotatable bonds is 6. The fourth-order valence-corrected chi connectivity index (χ4v) is 2.69. The number of benzene rings is 1. The topological polar surface area (TPSA) is 44.4 Å². The third kappa shape index (κ3) is 3.97. The summed E-state index contributed by atoms with van der Waals surface area (Å²) >= 11 is 0. The first kappa shape index (κ1) is 14.9. The van der Waals surface area contributed by atoms with Crippen LogP contribution in [0.2, 0.25) is 0 Å². The first-order valence-electron chi connectivity index (χ1n) is 7.25. The van der Waals surface area contributed by atoms with Crippen LogP contribution in [-0.4, -0.2) is 43.7 Å². The Kier molecular flexibility index (Phi) is 4.65. The number of urea groups is 1. The number of nitrogens with zero attached hydrogens (tertiary/aromatic N) is 1. The number of carbonyl (C=O) groups is 1. The Morgan fingerprint density at radius 3 is 2.70 bits per heavy atom. The molecule has 20 heavy (non-hydrogen) atoms. The molecule has 1 aromatic carbocycles. The lowest BCUT2D eigenvalue weighted by Gasteiger charge is -2.29. The lowest BCUT2D eigenvalue weighted by molar-refractivity contribution is 0.238. The molecule has 1 aliphatic rings. The van der Waals surface area contributed by atoms with E-state index >= 15 is 0 Å². The van der Waals surface area contributed by atoms with Crippen LogP contribution in [0.1, 0.15) is 24.0 Å². The van der Waals surface area contributed by atoms with Crippen molar-refractivity contribution in [2.45, 2.75) is 31.7 Å². The zero-order chi connectivity index (χ0) is 14.6. The van der Waals surface area contributed by atoms with Gasteiger partial charge in [0.15, 0.2) is 0 Å². The van der Waals surface area contributed by atoms with Crippen LogP contribution in [0.4, 0.5) is 4.79 Å². The first-order chi connectivity index (χ1) is 9.49. The number of nitrogens with one attached hydrogen (secondary N) is 2. The molecule has 0 aliphatic carbocycles. The van der Waals surface area contributed by atoms with Gasteiger partial charge in [-0.1, -0.05) is 29.8 Å². The molecule has 2 rings (SSSR count). The molecule has 0 bridgehead atoms. The van der Waals surface area contributed by atoms with Gasteiger partial charge in [0.25, 0.3) is 0 Å². The quantitative estimate of drug-likeness (QED) is 0.833. The van der Waals surface area contributed by atoms with Crippen LogP contribution >= 0.6 is 0 Å². The molecule has 1 fully saturated rings. The van der Waals surface area contributed by atoms with Gasteiger partial charge in [-0.2, -0.15) is 0 Å². The van der Waals surface area contributed by atoms with Crippen molar-refractivity contribution in [2.75, 3.05) is 27.2 Å². The minimum absolute atomic E-state index is 0.0343. The molecular weight excluding hydrogens is 250 g/mol. The maximum Gasteiger partial charge on any atom is 0.315 e. The maximum atomic E-state index is 11.5. The Hall–Kier alpha value is -1.55. The van der Waals surface area contributed by atoms with E-state index in [1.807, 2.05) is 0 Å². The minimum Gasteiger partial charge on any atom is -0.336 e. The largest absolute Gasteiger partial charge is 0.336 e. The number of hydrogen-bond donors (Lipinski definition) is 2. The molecule has 0 spiro atoms. The van der Waals surface area contributed by atoms with Gasteiger partial charge in [-0.05, 0) is 52.4 Å². The van der Waals surface area contributed by atoms with E-state index in [1.54, 1.807) is 0 Å². The van der Waals surface area contributed by atoms with Crippen molar-refractivity contribution in [1.82, 2.24) is 15.5 Å². The monoisotopic (exact) mass is 275 g/mol. The van der Waals surface area contributed by atoms with Crippen molar-refractivity contribution in [3.05, 3.63) is 35.4 Å². The van der Waals surface area contributed by atoms with Gasteiger partial charge in [0, 0.05) is 6.54 Å². The van der Waals surface area contributed by atoms with E-state index < -0.39 is 0 Å². The van der Waals surface area contributed by atoms with Gasteiger partial charge >= 0.3 is 6.03 Å². The zero-order valence-electron chi connectivity index (χ0n) is 12.7. The van der Waals surface area contributed by atoms with E-state index in [0.29, 0.717) is 0 Å². The van der Waals surface area contributed by atoms with Crippen molar-refractivity contribution in [2.24, 2.45) is 0 Å². The second-order valence-electron chi connectivity index (χ2n) is 6.13. The summed E-state index contributed by atoms with van der Waals surface area (Å²) in [6.07, 6.45) is 2.95. The van der Waals surface area contributed by atoms with Crippen LogP contribution < -0.4 is 10.6 Å². The van der Waals surface area contributed by atoms with Crippen LogP contribution in [0, 0.1) is 6.92 Å². The summed E-state index contributed by atoms with van der Waals surface area (Å²) in [6.45, 7) is 3.82. The average Bonchev–Trinajstić information content (AvgIpc) is 2.77. The Balaban J connectivity index is 1.99. The summed E-state index contributed by atoms with van der Waals surface area (Å²) < 4.78 is 0.